The third-order valence-electron chi connectivity index (χ3n) is 2.70. The van der Waals surface area contributed by atoms with Gasteiger partial charge in [0.15, 0.2) is 0 Å². The molecule has 1 N–H and O–H groups in total. The first-order valence-corrected chi connectivity index (χ1v) is 7.73. The summed E-state index contributed by atoms with van der Waals surface area (Å²) < 4.78 is 27.9. The number of carbonyl (C=O) groups is 1. The molecule has 0 radical (unpaired) electrons. The fourth-order valence-corrected chi connectivity index (χ4v) is 3.36. The van der Waals surface area contributed by atoms with Crippen LogP contribution >= 0.6 is 27.3 Å². The number of rotatable bonds is 5. The summed E-state index contributed by atoms with van der Waals surface area (Å²) >= 11 is 4.95. The summed E-state index contributed by atoms with van der Waals surface area (Å²) in [7, 11) is 1.77. The summed E-state index contributed by atoms with van der Waals surface area (Å²) in [6.45, 7) is 0.632. The van der Waals surface area contributed by atoms with E-state index in [1.807, 2.05) is 12.1 Å². The first kappa shape index (κ1) is 16.1. The van der Waals surface area contributed by atoms with Crippen molar-refractivity contribution in [2.24, 2.45) is 0 Å². The van der Waals surface area contributed by atoms with Crippen molar-refractivity contribution < 1.29 is 13.6 Å². The van der Waals surface area contributed by atoms with Crippen molar-refractivity contribution in [3.05, 3.63) is 50.6 Å². The Bertz CT molecular complexity index is 627. The summed E-state index contributed by atoms with van der Waals surface area (Å²) in [6.07, 6.45) is 0. The first-order chi connectivity index (χ1) is 9.95. The molecular weight excluding hydrogens is 362 g/mol. The molecule has 1 aromatic heterocycles. The van der Waals surface area contributed by atoms with Crippen LogP contribution in [0.25, 0.3) is 0 Å². The standard InChI is InChI=1S/C14H13BrF2N2OS/c1-19(7-9-5-6-12(15)21-9)8-13(20)18-14-10(16)3-2-4-11(14)17/h2-6H,7-8H2,1H3,(H,18,20). The minimum absolute atomic E-state index is 0.0449. The van der Waals surface area contributed by atoms with Crippen LogP contribution in [0.5, 0.6) is 0 Å². The number of benzene rings is 1. The number of carbonyl (C=O) groups excluding carboxylic acids is 1. The maximum Gasteiger partial charge on any atom is 0.238 e. The van der Waals surface area contributed by atoms with Crippen molar-refractivity contribution in [3.8, 4) is 0 Å². The quantitative estimate of drug-likeness (QED) is 0.861. The molecule has 0 aliphatic carbocycles. The highest BCUT2D eigenvalue weighted by Crippen LogP contribution is 2.23. The van der Waals surface area contributed by atoms with Gasteiger partial charge in [-0.05, 0) is 47.2 Å². The number of para-hydroxylation sites is 1. The second-order valence-corrected chi connectivity index (χ2v) is 7.07. The lowest BCUT2D eigenvalue weighted by atomic mass is 10.3. The highest BCUT2D eigenvalue weighted by Gasteiger charge is 2.13. The first-order valence-electron chi connectivity index (χ1n) is 6.12. The van der Waals surface area contributed by atoms with Gasteiger partial charge in [-0.25, -0.2) is 8.78 Å². The van der Waals surface area contributed by atoms with E-state index < -0.39 is 23.2 Å². The number of likely N-dealkylation sites (N-methyl/N-ethyl adjacent to an activating group) is 1. The van der Waals surface area contributed by atoms with Gasteiger partial charge in [0.2, 0.25) is 5.91 Å². The average molecular weight is 375 g/mol. The zero-order chi connectivity index (χ0) is 15.4. The number of hydrogen-bond donors (Lipinski definition) is 1. The second kappa shape index (κ2) is 7.11. The van der Waals surface area contributed by atoms with Gasteiger partial charge in [-0.2, -0.15) is 0 Å². The Morgan fingerprint density at radius 1 is 1.29 bits per heavy atom. The lowest BCUT2D eigenvalue weighted by Gasteiger charge is -2.15. The molecule has 7 heteroatoms. The molecule has 1 aromatic carbocycles. The molecule has 21 heavy (non-hydrogen) atoms. The zero-order valence-electron chi connectivity index (χ0n) is 11.2. The average Bonchev–Trinajstić information content (AvgIpc) is 2.79. The van der Waals surface area contributed by atoms with Gasteiger partial charge in [-0.15, -0.1) is 11.3 Å². The summed E-state index contributed by atoms with van der Waals surface area (Å²) in [4.78, 5) is 14.7. The minimum atomic E-state index is -0.784. The van der Waals surface area contributed by atoms with Crippen LogP contribution < -0.4 is 5.32 Å². The number of nitrogens with zero attached hydrogens (tertiary/aromatic N) is 1. The minimum Gasteiger partial charge on any atom is -0.320 e. The Morgan fingerprint density at radius 2 is 1.95 bits per heavy atom. The van der Waals surface area contributed by atoms with Crippen LogP contribution in [0.15, 0.2) is 34.1 Å². The molecule has 1 amide bonds. The molecule has 0 fully saturated rings. The summed E-state index contributed by atoms with van der Waals surface area (Å²) in [5.74, 6) is -2.03. The number of nitrogens with one attached hydrogen (secondary N) is 1. The van der Waals surface area contributed by atoms with Gasteiger partial charge < -0.3 is 5.32 Å². The molecule has 0 unspecified atom stereocenters. The number of hydrogen-bond acceptors (Lipinski definition) is 3. The smallest absolute Gasteiger partial charge is 0.238 e. The van der Waals surface area contributed by atoms with Crippen molar-refractivity contribution in [2.75, 3.05) is 18.9 Å². The van der Waals surface area contributed by atoms with E-state index in [1.54, 1.807) is 23.3 Å². The Kier molecular flexibility index (Phi) is 5.44. The summed E-state index contributed by atoms with van der Waals surface area (Å²) in [5, 5.41) is 2.26. The number of amides is 1. The van der Waals surface area contributed by atoms with Crippen LogP contribution in [0.2, 0.25) is 0 Å². The van der Waals surface area contributed by atoms with E-state index in [9.17, 15) is 13.6 Å². The molecule has 0 aliphatic heterocycles. The largest absolute Gasteiger partial charge is 0.320 e. The number of anilines is 1. The SMILES string of the molecule is CN(CC(=O)Nc1c(F)cccc1F)Cc1ccc(Br)s1. The van der Waals surface area contributed by atoms with Gasteiger partial charge in [0.25, 0.3) is 0 Å². The fourth-order valence-electron chi connectivity index (χ4n) is 1.80. The van der Waals surface area contributed by atoms with Gasteiger partial charge in [-0.3, -0.25) is 9.69 Å². The van der Waals surface area contributed by atoms with Crippen LogP contribution in [-0.2, 0) is 11.3 Å². The third kappa shape index (κ3) is 4.59. The Morgan fingerprint density at radius 3 is 2.52 bits per heavy atom. The lowest BCUT2D eigenvalue weighted by molar-refractivity contribution is -0.117. The molecule has 3 nitrogen and oxygen atoms in total. The predicted molar refractivity (Wildman–Crippen MR) is 83.3 cm³/mol. The van der Waals surface area contributed by atoms with E-state index in [1.165, 1.54) is 6.07 Å². The van der Waals surface area contributed by atoms with Gasteiger partial charge in [0, 0.05) is 11.4 Å². The Labute approximate surface area is 133 Å². The van der Waals surface area contributed by atoms with Crippen LogP contribution in [-0.4, -0.2) is 24.4 Å². The molecule has 1 heterocycles. The highest BCUT2D eigenvalue weighted by atomic mass is 79.9. The molecule has 112 valence electrons. The van der Waals surface area contributed by atoms with Crippen LogP contribution in [0.3, 0.4) is 0 Å². The molecule has 0 saturated heterocycles. The molecule has 0 aliphatic rings. The van der Waals surface area contributed by atoms with Gasteiger partial charge >= 0.3 is 0 Å². The van der Waals surface area contributed by atoms with E-state index in [-0.39, 0.29) is 6.54 Å². The van der Waals surface area contributed by atoms with Crippen molar-refractivity contribution in [2.45, 2.75) is 6.54 Å². The lowest BCUT2D eigenvalue weighted by Crippen LogP contribution is -2.30. The third-order valence-corrected chi connectivity index (χ3v) is 4.30. The molecule has 0 saturated carbocycles. The molecule has 0 spiro atoms. The highest BCUT2D eigenvalue weighted by molar-refractivity contribution is 9.11. The number of thiophene rings is 1. The van der Waals surface area contributed by atoms with Crippen LogP contribution in [0.1, 0.15) is 4.88 Å². The van der Waals surface area contributed by atoms with Crippen LogP contribution in [0, 0.1) is 11.6 Å². The van der Waals surface area contributed by atoms with E-state index >= 15 is 0 Å². The Hall–Kier alpha value is -1.31. The molecule has 0 bridgehead atoms. The topological polar surface area (TPSA) is 32.3 Å². The molecule has 0 atom stereocenters. The van der Waals surface area contributed by atoms with Gasteiger partial charge in [0.05, 0.1) is 10.3 Å². The monoisotopic (exact) mass is 374 g/mol. The van der Waals surface area contributed by atoms with E-state index in [0.717, 1.165) is 20.8 Å². The zero-order valence-corrected chi connectivity index (χ0v) is 13.6. The maximum absolute atomic E-state index is 13.4. The van der Waals surface area contributed by atoms with Gasteiger partial charge in [-0.1, -0.05) is 6.07 Å². The van der Waals surface area contributed by atoms with Crippen molar-refractivity contribution in [3.63, 3.8) is 0 Å². The number of halogens is 3. The predicted octanol–water partition coefficient (Wildman–Crippen LogP) is 3.86. The summed E-state index contributed by atoms with van der Waals surface area (Å²) in [5.41, 5.74) is -0.408. The fraction of sp³-hybridized carbons (Fsp3) is 0.214. The molecule has 2 rings (SSSR count). The van der Waals surface area contributed by atoms with E-state index in [4.69, 9.17) is 0 Å². The van der Waals surface area contributed by atoms with Crippen molar-refractivity contribution in [1.29, 1.82) is 0 Å². The van der Waals surface area contributed by atoms with E-state index in [2.05, 4.69) is 21.2 Å². The second-order valence-electron chi connectivity index (χ2n) is 4.52. The van der Waals surface area contributed by atoms with Crippen molar-refractivity contribution >= 4 is 38.9 Å². The Balaban J connectivity index is 1.92. The van der Waals surface area contributed by atoms with Crippen LogP contribution in [0.4, 0.5) is 14.5 Å². The molecular formula is C14H13BrF2N2OS. The summed E-state index contributed by atoms with van der Waals surface area (Å²) in [6, 6.07) is 7.35. The molecule has 2 aromatic rings. The normalized spacial score (nSPS) is 10.9. The van der Waals surface area contributed by atoms with Gasteiger partial charge in [0.1, 0.15) is 17.3 Å². The van der Waals surface area contributed by atoms with E-state index in [0.29, 0.717) is 6.54 Å². The van der Waals surface area contributed by atoms with Crippen molar-refractivity contribution in [1.82, 2.24) is 4.90 Å². The maximum atomic E-state index is 13.4.